The third-order valence-electron chi connectivity index (χ3n) is 3.75. The van der Waals surface area contributed by atoms with Gasteiger partial charge >= 0.3 is 11.9 Å². The first-order chi connectivity index (χ1) is 12.0. The van der Waals surface area contributed by atoms with Gasteiger partial charge in [0.15, 0.2) is 11.9 Å². The first-order valence-corrected chi connectivity index (χ1v) is 7.75. The molecule has 6 nitrogen and oxygen atoms in total. The molecule has 0 N–H and O–H groups in total. The van der Waals surface area contributed by atoms with Crippen molar-refractivity contribution in [2.45, 2.75) is 20.0 Å². The highest BCUT2D eigenvalue weighted by molar-refractivity contribution is 6.05. The molecule has 1 aromatic carbocycles. The summed E-state index contributed by atoms with van der Waals surface area (Å²) >= 11 is 0. The average molecular weight is 339 g/mol. The second-order valence-electron chi connectivity index (χ2n) is 5.55. The summed E-state index contributed by atoms with van der Waals surface area (Å²) in [6, 6.07) is 12.4. The van der Waals surface area contributed by atoms with Crippen molar-refractivity contribution in [1.29, 1.82) is 0 Å². The number of esters is 2. The number of carbonyl (C=O) groups is 2. The first kappa shape index (κ1) is 16.7. The fourth-order valence-electron chi connectivity index (χ4n) is 2.48. The van der Waals surface area contributed by atoms with Crippen LogP contribution in [0.15, 0.2) is 46.9 Å². The lowest BCUT2D eigenvalue weighted by Gasteiger charge is -2.13. The lowest BCUT2D eigenvalue weighted by Crippen LogP contribution is -2.25. The number of rotatable bonds is 4. The molecule has 0 aliphatic rings. The molecular formula is C19H17NO5. The van der Waals surface area contributed by atoms with Gasteiger partial charge in [-0.05, 0) is 38.1 Å². The maximum absolute atomic E-state index is 12.6. The second-order valence-corrected chi connectivity index (χ2v) is 5.55. The minimum Gasteiger partial charge on any atom is -0.466 e. The Morgan fingerprint density at radius 1 is 1.16 bits per heavy atom. The zero-order chi connectivity index (χ0) is 18.0. The summed E-state index contributed by atoms with van der Waals surface area (Å²) in [6.45, 7) is 3.29. The Balaban J connectivity index is 2.06. The Morgan fingerprint density at radius 3 is 2.60 bits per heavy atom. The van der Waals surface area contributed by atoms with Gasteiger partial charge in [-0.3, -0.25) is 0 Å². The van der Waals surface area contributed by atoms with E-state index in [1.165, 1.54) is 14.0 Å². The Bertz CT molecular complexity index is 944. The molecule has 0 saturated carbocycles. The van der Waals surface area contributed by atoms with Crippen molar-refractivity contribution in [3.63, 3.8) is 0 Å². The zero-order valence-electron chi connectivity index (χ0n) is 14.1. The molecule has 0 radical (unpaired) electrons. The third kappa shape index (κ3) is 3.38. The second kappa shape index (κ2) is 6.76. The van der Waals surface area contributed by atoms with E-state index in [1.54, 1.807) is 30.3 Å². The molecule has 0 aliphatic carbocycles. The standard InChI is InChI=1S/C19H17NO5/c1-11-8-9-17(24-11)16-10-14(13-6-4-5-7-15(13)20-16)19(22)25-12(2)18(21)23-3/h4-10,12H,1-3H3/t12-/m0/s1. The Hall–Kier alpha value is -3.15. The lowest BCUT2D eigenvalue weighted by molar-refractivity contribution is -0.149. The summed E-state index contributed by atoms with van der Waals surface area (Å²) in [5.41, 5.74) is 1.46. The van der Waals surface area contributed by atoms with Crippen LogP contribution in [0, 0.1) is 6.92 Å². The molecule has 0 fully saturated rings. The van der Waals surface area contributed by atoms with Gasteiger partial charge < -0.3 is 13.9 Å². The van der Waals surface area contributed by atoms with E-state index < -0.39 is 18.0 Å². The molecule has 2 heterocycles. The maximum atomic E-state index is 12.6. The highest BCUT2D eigenvalue weighted by atomic mass is 16.6. The van der Waals surface area contributed by atoms with Crippen LogP contribution >= 0.6 is 0 Å². The molecule has 0 saturated heterocycles. The molecule has 0 amide bonds. The SMILES string of the molecule is COC(=O)[C@H](C)OC(=O)c1cc(-c2ccc(C)o2)nc2ccccc12. The van der Waals surface area contributed by atoms with Gasteiger partial charge in [0.25, 0.3) is 0 Å². The van der Waals surface area contributed by atoms with Crippen molar-refractivity contribution in [3.8, 4) is 11.5 Å². The quantitative estimate of drug-likeness (QED) is 0.677. The van der Waals surface area contributed by atoms with Gasteiger partial charge in [-0.15, -0.1) is 0 Å². The highest BCUT2D eigenvalue weighted by Gasteiger charge is 2.22. The predicted molar refractivity (Wildman–Crippen MR) is 91.1 cm³/mol. The summed E-state index contributed by atoms with van der Waals surface area (Å²) in [5, 5.41) is 0.636. The molecule has 2 aromatic heterocycles. The van der Waals surface area contributed by atoms with Crippen molar-refractivity contribution in [1.82, 2.24) is 4.98 Å². The number of fused-ring (bicyclic) bond motifs is 1. The Kier molecular flexibility index (Phi) is 4.52. The number of para-hydroxylation sites is 1. The molecular weight excluding hydrogens is 322 g/mol. The summed E-state index contributed by atoms with van der Waals surface area (Å²) < 4.78 is 15.4. The topological polar surface area (TPSA) is 78.6 Å². The van der Waals surface area contributed by atoms with Crippen LogP contribution in [0.2, 0.25) is 0 Å². The van der Waals surface area contributed by atoms with Crippen molar-refractivity contribution < 1.29 is 23.5 Å². The van der Waals surface area contributed by atoms with Gasteiger partial charge in [0.1, 0.15) is 11.5 Å². The smallest absolute Gasteiger partial charge is 0.346 e. The Labute approximate surface area is 144 Å². The van der Waals surface area contributed by atoms with E-state index in [0.29, 0.717) is 27.9 Å². The predicted octanol–water partition coefficient (Wildman–Crippen LogP) is 3.52. The molecule has 128 valence electrons. The molecule has 0 unspecified atom stereocenters. The molecule has 3 aromatic rings. The number of carbonyl (C=O) groups excluding carboxylic acids is 2. The third-order valence-corrected chi connectivity index (χ3v) is 3.75. The number of methoxy groups -OCH3 is 1. The molecule has 6 heteroatoms. The van der Waals surface area contributed by atoms with Gasteiger partial charge in [0, 0.05) is 5.39 Å². The number of hydrogen-bond acceptors (Lipinski definition) is 6. The van der Waals surface area contributed by atoms with Crippen LogP contribution in [0.1, 0.15) is 23.0 Å². The summed E-state index contributed by atoms with van der Waals surface area (Å²) in [4.78, 5) is 28.6. The number of ether oxygens (including phenoxy) is 2. The molecule has 25 heavy (non-hydrogen) atoms. The number of benzene rings is 1. The van der Waals surface area contributed by atoms with E-state index in [0.717, 1.165) is 5.76 Å². The summed E-state index contributed by atoms with van der Waals surface area (Å²) in [5.74, 6) is 0.0568. The van der Waals surface area contributed by atoms with Crippen LogP contribution in [0.4, 0.5) is 0 Å². The first-order valence-electron chi connectivity index (χ1n) is 7.75. The summed E-state index contributed by atoms with van der Waals surface area (Å²) in [6.07, 6.45) is -1.00. The van der Waals surface area contributed by atoms with E-state index in [1.807, 2.05) is 19.1 Å². The monoisotopic (exact) mass is 339 g/mol. The molecule has 1 atom stereocenters. The number of pyridine rings is 1. The summed E-state index contributed by atoms with van der Waals surface area (Å²) in [7, 11) is 1.24. The van der Waals surface area contributed by atoms with E-state index >= 15 is 0 Å². The van der Waals surface area contributed by atoms with Crippen molar-refractivity contribution >= 4 is 22.8 Å². The van der Waals surface area contributed by atoms with E-state index in [9.17, 15) is 9.59 Å². The van der Waals surface area contributed by atoms with Crippen molar-refractivity contribution in [2.24, 2.45) is 0 Å². The normalized spacial score (nSPS) is 12.0. The molecule has 0 spiro atoms. The zero-order valence-corrected chi connectivity index (χ0v) is 14.1. The van der Waals surface area contributed by atoms with E-state index in [-0.39, 0.29) is 0 Å². The number of aromatic nitrogens is 1. The van der Waals surface area contributed by atoms with Crippen LogP contribution in [-0.2, 0) is 14.3 Å². The molecule has 0 aliphatic heterocycles. The highest BCUT2D eigenvalue weighted by Crippen LogP contribution is 2.27. The number of hydrogen-bond donors (Lipinski definition) is 0. The van der Waals surface area contributed by atoms with Crippen LogP contribution in [0.3, 0.4) is 0 Å². The van der Waals surface area contributed by atoms with Crippen molar-refractivity contribution in [3.05, 3.63) is 53.8 Å². The van der Waals surface area contributed by atoms with Crippen LogP contribution in [0.5, 0.6) is 0 Å². The van der Waals surface area contributed by atoms with Crippen LogP contribution < -0.4 is 0 Å². The Morgan fingerprint density at radius 2 is 1.92 bits per heavy atom. The fourth-order valence-corrected chi connectivity index (χ4v) is 2.48. The van der Waals surface area contributed by atoms with Gasteiger partial charge in [-0.25, -0.2) is 14.6 Å². The average Bonchev–Trinajstić information content (AvgIpc) is 3.06. The van der Waals surface area contributed by atoms with Gasteiger partial charge in [0.05, 0.1) is 18.2 Å². The number of nitrogens with zero attached hydrogens (tertiary/aromatic N) is 1. The van der Waals surface area contributed by atoms with E-state index in [2.05, 4.69) is 9.72 Å². The van der Waals surface area contributed by atoms with E-state index in [4.69, 9.17) is 9.15 Å². The molecule has 0 bridgehead atoms. The lowest BCUT2D eigenvalue weighted by atomic mass is 10.1. The maximum Gasteiger partial charge on any atom is 0.346 e. The number of aryl methyl sites for hydroxylation is 1. The van der Waals surface area contributed by atoms with Gasteiger partial charge in [-0.2, -0.15) is 0 Å². The van der Waals surface area contributed by atoms with Crippen LogP contribution in [-0.4, -0.2) is 30.1 Å². The van der Waals surface area contributed by atoms with Gasteiger partial charge in [-0.1, -0.05) is 18.2 Å². The fraction of sp³-hybridized carbons (Fsp3) is 0.211. The minimum absolute atomic E-state index is 0.311. The molecule has 3 rings (SSSR count). The largest absolute Gasteiger partial charge is 0.466 e. The van der Waals surface area contributed by atoms with Crippen molar-refractivity contribution in [2.75, 3.05) is 7.11 Å². The van der Waals surface area contributed by atoms with Gasteiger partial charge in [0.2, 0.25) is 0 Å². The number of furan rings is 1. The van der Waals surface area contributed by atoms with Crippen LogP contribution in [0.25, 0.3) is 22.4 Å². The minimum atomic E-state index is -1.00.